The minimum atomic E-state index is -0.0636. The minimum Gasteiger partial charge on any atom is -0.371 e. The zero-order valence-electron chi connectivity index (χ0n) is 16.7. The summed E-state index contributed by atoms with van der Waals surface area (Å²) in [6, 6.07) is 17.3. The molecule has 0 aromatic heterocycles. The molecule has 0 atom stereocenters. The molecule has 1 saturated heterocycles. The largest absolute Gasteiger partial charge is 0.371 e. The molecule has 1 fully saturated rings. The van der Waals surface area contributed by atoms with Crippen LogP contribution in [0, 0.1) is 0 Å². The Balaban J connectivity index is 1.43. The SMILES string of the molecule is C1=CC(c2cccc(CN=C3Nc4ccccc4NC34CCSCC4)c2)=CCC1. The van der Waals surface area contributed by atoms with Crippen LogP contribution in [0.3, 0.4) is 0 Å². The lowest BCUT2D eigenvalue weighted by atomic mass is 9.87. The molecule has 3 aliphatic rings. The number of nitrogens with one attached hydrogen (secondary N) is 2. The Kier molecular flexibility index (Phi) is 5.19. The number of allylic oxidation sites excluding steroid dienone is 4. The molecule has 0 unspecified atom stereocenters. The zero-order chi connectivity index (χ0) is 19.5. The highest BCUT2D eigenvalue weighted by Crippen LogP contribution is 2.38. The highest BCUT2D eigenvalue weighted by atomic mass is 32.2. The molecule has 0 bridgehead atoms. The average molecular weight is 402 g/mol. The molecule has 2 N–H and O–H groups in total. The predicted molar refractivity (Wildman–Crippen MR) is 127 cm³/mol. The van der Waals surface area contributed by atoms with Crippen LogP contribution in [0.15, 0.2) is 71.8 Å². The van der Waals surface area contributed by atoms with E-state index in [1.807, 2.05) is 11.8 Å². The van der Waals surface area contributed by atoms with E-state index in [9.17, 15) is 0 Å². The van der Waals surface area contributed by atoms with Crippen molar-refractivity contribution in [2.24, 2.45) is 4.99 Å². The fourth-order valence-electron chi connectivity index (χ4n) is 4.38. The van der Waals surface area contributed by atoms with Gasteiger partial charge in [-0.3, -0.25) is 4.99 Å². The van der Waals surface area contributed by atoms with Gasteiger partial charge in [0.2, 0.25) is 0 Å². The number of para-hydroxylation sites is 2. The quantitative estimate of drug-likeness (QED) is 0.650. The van der Waals surface area contributed by atoms with Gasteiger partial charge in [0.25, 0.3) is 0 Å². The van der Waals surface area contributed by atoms with Crippen molar-refractivity contribution in [1.82, 2.24) is 0 Å². The Morgan fingerprint density at radius 2 is 1.83 bits per heavy atom. The van der Waals surface area contributed by atoms with Crippen molar-refractivity contribution in [3.63, 3.8) is 0 Å². The number of nitrogens with zero attached hydrogens (tertiary/aromatic N) is 1. The van der Waals surface area contributed by atoms with Gasteiger partial charge < -0.3 is 10.6 Å². The first-order valence-corrected chi connectivity index (χ1v) is 11.7. The van der Waals surface area contributed by atoms with Crippen molar-refractivity contribution < 1.29 is 0 Å². The third-order valence-electron chi connectivity index (χ3n) is 6.03. The fraction of sp³-hybridized carbons (Fsp3) is 0.320. The van der Waals surface area contributed by atoms with Gasteiger partial charge in [0.05, 0.1) is 23.5 Å². The van der Waals surface area contributed by atoms with Gasteiger partial charge in [-0.15, -0.1) is 0 Å². The van der Waals surface area contributed by atoms with Crippen LogP contribution in [0.2, 0.25) is 0 Å². The van der Waals surface area contributed by atoms with Crippen LogP contribution in [-0.4, -0.2) is 22.9 Å². The van der Waals surface area contributed by atoms with E-state index < -0.39 is 0 Å². The molecule has 2 aromatic rings. The number of hydrogen-bond donors (Lipinski definition) is 2. The maximum absolute atomic E-state index is 5.11. The van der Waals surface area contributed by atoms with Crippen LogP contribution >= 0.6 is 11.8 Å². The molecular formula is C25H27N3S. The number of aliphatic imine (C=N–C) groups is 1. The van der Waals surface area contributed by atoms with E-state index in [2.05, 4.69) is 77.4 Å². The van der Waals surface area contributed by atoms with E-state index in [1.165, 1.54) is 33.9 Å². The minimum absolute atomic E-state index is 0.0636. The topological polar surface area (TPSA) is 36.4 Å². The molecular weight excluding hydrogens is 374 g/mol. The molecule has 0 amide bonds. The molecule has 0 radical (unpaired) electrons. The van der Waals surface area contributed by atoms with Crippen molar-refractivity contribution in [2.45, 2.75) is 37.8 Å². The fourth-order valence-corrected chi connectivity index (χ4v) is 5.57. The summed E-state index contributed by atoms with van der Waals surface area (Å²) in [5.41, 5.74) is 6.14. The van der Waals surface area contributed by atoms with Crippen LogP contribution in [0.4, 0.5) is 11.4 Å². The maximum atomic E-state index is 5.11. The molecule has 1 aliphatic carbocycles. The third kappa shape index (κ3) is 3.86. The Morgan fingerprint density at radius 1 is 0.966 bits per heavy atom. The summed E-state index contributed by atoms with van der Waals surface area (Å²) in [5, 5.41) is 7.50. The van der Waals surface area contributed by atoms with Gasteiger partial charge in [-0.05, 0) is 72.1 Å². The summed E-state index contributed by atoms with van der Waals surface area (Å²) in [6.07, 6.45) is 11.3. The smallest absolute Gasteiger partial charge is 0.127 e. The summed E-state index contributed by atoms with van der Waals surface area (Å²) >= 11 is 2.04. The van der Waals surface area contributed by atoms with Crippen LogP contribution in [0.5, 0.6) is 0 Å². The van der Waals surface area contributed by atoms with Gasteiger partial charge in [0, 0.05) is 0 Å². The Labute approximate surface area is 177 Å². The molecule has 148 valence electrons. The summed E-state index contributed by atoms with van der Waals surface area (Å²) in [6.45, 7) is 0.700. The van der Waals surface area contributed by atoms with Gasteiger partial charge in [-0.25, -0.2) is 0 Å². The van der Waals surface area contributed by atoms with Gasteiger partial charge >= 0.3 is 0 Å². The van der Waals surface area contributed by atoms with E-state index in [0.717, 1.165) is 37.2 Å². The number of fused-ring (bicyclic) bond motifs is 1. The number of anilines is 2. The van der Waals surface area contributed by atoms with Crippen molar-refractivity contribution in [1.29, 1.82) is 0 Å². The first-order valence-electron chi connectivity index (χ1n) is 10.6. The van der Waals surface area contributed by atoms with Gasteiger partial charge in [-0.2, -0.15) is 11.8 Å². The molecule has 3 nitrogen and oxygen atoms in total. The summed E-state index contributed by atoms with van der Waals surface area (Å²) < 4.78 is 0. The molecule has 29 heavy (non-hydrogen) atoms. The monoisotopic (exact) mass is 401 g/mol. The number of thioether (sulfide) groups is 1. The number of hydrogen-bond acceptors (Lipinski definition) is 3. The standard InChI is InChI=1S/C25H27N3S/c1-2-8-20(9-3-1)21-10-6-7-19(17-21)18-26-24-25(13-15-29-16-14-25)28-23-12-5-4-11-22(23)27-24/h2,4-12,17,28H,1,3,13-16,18H2,(H,26,27). The van der Waals surface area contributed by atoms with Crippen molar-refractivity contribution >= 4 is 34.5 Å². The molecule has 4 heteroatoms. The summed E-state index contributed by atoms with van der Waals surface area (Å²) in [7, 11) is 0. The summed E-state index contributed by atoms with van der Waals surface area (Å²) in [5.74, 6) is 3.44. The first-order chi connectivity index (χ1) is 14.3. The van der Waals surface area contributed by atoms with E-state index >= 15 is 0 Å². The average Bonchev–Trinajstić information content (AvgIpc) is 2.79. The van der Waals surface area contributed by atoms with Gasteiger partial charge in [0.15, 0.2) is 0 Å². The molecule has 2 aromatic carbocycles. The van der Waals surface area contributed by atoms with Crippen molar-refractivity contribution in [3.8, 4) is 0 Å². The van der Waals surface area contributed by atoms with E-state index in [1.54, 1.807) is 0 Å². The molecule has 2 heterocycles. The molecule has 2 aliphatic heterocycles. The van der Waals surface area contributed by atoms with Crippen molar-refractivity contribution in [2.75, 3.05) is 22.1 Å². The molecule has 5 rings (SSSR count). The lowest BCUT2D eigenvalue weighted by molar-refractivity contribution is 0.560. The van der Waals surface area contributed by atoms with E-state index in [4.69, 9.17) is 4.99 Å². The lowest BCUT2D eigenvalue weighted by Gasteiger charge is -2.43. The highest BCUT2D eigenvalue weighted by Gasteiger charge is 2.40. The Bertz CT molecular complexity index is 983. The van der Waals surface area contributed by atoms with E-state index in [0.29, 0.717) is 6.54 Å². The first kappa shape index (κ1) is 18.6. The summed E-state index contributed by atoms with van der Waals surface area (Å²) in [4.78, 5) is 5.11. The number of rotatable bonds is 3. The second-order valence-corrected chi connectivity index (χ2v) is 9.22. The second kappa shape index (κ2) is 8.11. The van der Waals surface area contributed by atoms with Crippen LogP contribution in [0.1, 0.15) is 36.8 Å². The van der Waals surface area contributed by atoms with Crippen LogP contribution in [-0.2, 0) is 6.54 Å². The maximum Gasteiger partial charge on any atom is 0.127 e. The highest BCUT2D eigenvalue weighted by molar-refractivity contribution is 7.99. The van der Waals surface area contributed by atoms with E-state index in [-0.39, 0.29) is 5.54 Å². The Morgan fingerprint density at radius 3 is 2.66 bits per heavy atom. The van der Waals surface area contributed by atoms with Gasteiger partial charge in [-0.1, -0.05) is 48.6 Å². The second-order valence-electron chi connectivity index (χ2n) is 7.99. The zero-order valence-corrected chi connectivity index (χ0v) is 17.5. The lowest BCUT2D eigenvalue weighted by Crippen LogP contribution is -2.54. The number of amidine groups is 1. The number of benzene rings is 2. The van der Waals surface area contributed by atoms with Gasteiger partial charge in [0.1, 0.15) is 5.84 Å². The predicted octanol–water partition coefficient (Wildman–Crippen LogP) is 6.12. The molecule has 0 saturated carbocycles. The van der Waals surface area contributed by atoms with Crippen LogP contribution in [0.25, 0.3) is 5.57 Å². The van der Waals surface area contributed by atoms with Crippen molar-refractivity contribution in [3.05, 3.63) is 77.9 Å². The molecule has 1 spiro atoms. The third-order valence-corrected chi connectivity index (χ3v) is 7.01. The Hall–Kier alpha value is -2.46. The van der Waals surface area contributed by atoms with Crippen LogP contribution < -0.4 is 10.6 Å². The normalized spacial score (nSPS) is 21.2.